The molecule has 0 N–H and O–H groups in total. The van der Waals surface area contributed by atoms with Gasteiger partial charge in [0.15, 0.2) is 0 Å². The molecule has 2 aliphatic heterocycles. The van der Waals surface area contributed by atoms with Gasteiger partial charge in [-0.3, -0.25) is 9.78 Å². The lowest BCUT2D eigenvalue weighted by Crippen LogP contribution is -2.50. The van der Waals surface area contributed by atoms with Crippen LogP contribution in [0.2, 0.25) is 5.02 Å². The zero-order chi connectivity index (χ0) is 23.7. The molecule has 0 bridgehead atoms. The van der Waals surface area contributed by atoms with Gasteiger partial charge in [-0.1, -0.05) is 11.6 Å². The van der Waals surface area contributed by atoms with Crippen LogP contribution in [-0.2, 0) is 4.79 Å². The van der Waals surface area contributed by atoms with Crippen LogP contribution >= 0.6 is 11.6 Å². The van der Waals surface area contributed by atoms with Crippen molar-refractivity contribution in [3.63, 3.8) is 0 Å². The predicted octanol–water partition coefficient (Wildman–Crippen LogP) is 4.41. The molecule has 1 atom stereocenters. The molecule has 4 heterocycles. The maximum atomic E-state index is 13.0. The van der Waals surface area contributed by atoms with Gasteiger partial charge >= 0.3 is 0 Å². The normalized spacial score (nSPS) is 20.8. The Balaban J connectivity index is 1.24. The van der Waals surface area contributed by atoms with E-state index in [0.717, 1.165) is 68.2 Å². The number of hydrogen-bond acceptors (Lipinski definition) is 4. The number of carbonyl (C=O) groups excluding carboxylic acids is 1. The second-order valence-electron chi connectivity index (χ2n) is 9.91. The molecule has 34 heavy (non-hydrogen) atoms. The Morgan fingerprint density at radius 2 is 1.82 bits per heavy atom. The molecule has 0 radical (unpaired) electrons. The first-order chi connectivity index (χ1) is 16.5. The van der Waals surface area contributed by atoms with Crippen LogP contribution in [-0.4, -0.2) is 83.0 Å². The van der Waals surface area contributed by atoms with E-state index in [1.165, 1.54) is 10.9 Å². The van der Waals surface area contributed by atoms with Crippen LogP contribution in [0.25, 0.3) is 16.6 Å². The van der Waals surface area contributed by atoms with E-state index in [1.54, 1.807) is 0 Å². The number of aromatic nitrogens is 2. The first-order valence-electron chi connectivity index (χ1n) is 12.4. The second-order valence-corrected chi connectivity index (χ2v) is 10.4. The highest BCUT2D eigenvalue weighted by Gasteiger charge is 2.28. The summed E-state index contributed by atoms with van der Waals surface area (Å²) in [6.45, 7) is 4.92. The minimum Gasteiger partial charge on any atom is -0.343 e. The molecule has 6 nitrogen and oxygen atoms in total. The average Bonchev–Trinajstić information content (AvgIpc) is 3.25. The van der Waals surface area contributed by atoms with E-state index in [2.05, 4.69) is 50.6 Å². The average molecular weight is 480 g/mol. The topological polar surface area (TPSA) is 44.6 Å². The number of amides is 1. The number of pyridine rings is 1. The summed E-state index contributed by atoms with van der Waals surface area (Å²) in [5, 5.41) is 1.98. The summed E-state index contributed by atoms with van der Waals surface area (Å²) < 4.78 is 2.21. The van der Waals surface area contributed by atoms with Gasteiger partial charge in [0, 0.05) is 73.7 Å². The van der Waals surface area contributed by atoms with Crippen molar-refractivity contribution in [2.24, 2.45) is 0 Å². The Morgan fingerprint density at radius 3 is 2.59 bits per heavy atom. The zero-order valence-electron chi connectivity index (χ0n) is 20.2. The van der Waals surface area contributed by atoms with Gasteiger partial charge in [-0.2, -0.15) is 0 Å². The summed E-state index contributed by atoms with van der Waals surface area (Å²) >= 11 is 6.11. The fraction of sp³-hybridized carbons (Fsp3) is 0.481. The van der Waals surface area contributed by atoms with Crippen LogP contribution in [0.1, 0.15) is 37.2 Å². The lowest BCUT2D eigenvalue weighted by atomic mass is 9.89. The number of likely N-dealkylation sites (tertiary alicyclic amines) is 1. The monoisotopic (exact) mass is 479 g/mol. The molecule has 0 aliphatic carbocycles. The van der Waals surface area contributed by atoms with E-state index in [9.17, 15) is 4.79 Å². The third kappa shape index (κ3) is 4.85. The molecule has 5 rings (SSSR count). The maximum Gasteiger partial charge on any atom is 0.222 e. The van der Waals surface area contributed by atoms with Gasteiger partial charge in [-0.15, -0.1) is 0 Å². The smallest absolute Gasteiger partial charge is 0.222 e. The Morgan fingerprint density at radius 1 is 1.06 bits per heavy atom. The third-order valence-electron chi connectivity index (χ3n) is 7.70. The molecule has 2 saturated heterocycles. The molecule has 0 spiro atoms. The number of rotatable bonds is 5. The highest BCUT2D eigenvalue weighted by atomic mass is 35.5. The highest BCUT2D eigenvalue weighted by Crippen LogP contribution is 2.35. The standard InChI is InChI=1S/C27H34ClN5O/c1-30-15-16-31(2)23(18-30)7-8-27(34)32-13-10-20(11-14-32)25-19-33(22-5-3-21(28)4-6-22)26-17-29-12-9-24(25)26/h3-6,9,12,17,19-20,23H,7-8,10-11,13-16,18H2,1-2H3. The molecule has 2 aliphatic rings. The van der Waals surface area contributed by atoms with Crippen LogP contribution in [0.15, 0.2) is 48.9 Å². The minimum atomic E-state index is 0.313. The SMILES string of the molecule is CN1CCN(C)C(CCC(=O)N2CCC(c3cn(-c4ccc(Cl)cc4)c4cnccc34)CC2)C1. The fourth-order valence-electron chi connectivity index (χ4n) is 5.54. The summed E-state index contributed by atoms with van der Waals surface area (Å²) in [6.07, 6.45) is 9.66. The summed E-state index contributed by atoms with van der Waals surface area (Å²) in [5.74, 6) is 0.758. The molecule has 1 amide bonds. The van der Waals surface area contributed by atoms with E-state index in [-0.39, 0.29) is 0 Å². The number of carbonyl (C=O) groups is 1. The summed E-state index contributed by atoms with van der Waals surface area (Å²) in [5.41, 5.74) is 3.55. The molecule has 7 heteroatoms. The molecular formula is C27H34ClN5O. The van der Waals surface area contributed by atoms with Crippen LogP contribution in [0.4, 0.5) is 0 Å². The summed E-state index contributed by atoms with van der Waals surface area (Å²) in [7, 11) is 4.36. The van der Waals surface area contributed by atoms with Crippen LogP contribution in [0.5, 0.6) is 0 Å². The van der Waals surface area contributed by atoms with Gasteiger partial charge in [0.25, 0.3) is 0 Å². The van der Waals surface area contributed by atoms with E-state index in [4.69, 9.17) is 11.6 Å². The van der Waals surface area contributed by atoms with Gasteiger partial charge < -0.3 is 19.3 Å². The number of piperidine rings is 1. The molecule has 3 aromatic rings. The van der Waals surface area contributed by atoms with Gasteiger partial charge in [0.1, 0.15) is 0 Å². The first-order valence-corrected chi connectivity index (χ1v) is 12.7. The van der Waals surface area contributed by atoms with Crippen molar-refractivity contribution in [2.45, 2.75) is 37.6 Å². The molecule has 1 aromatic carbocycles. The second kappa shape index (κ2) is 10.1. The molecule has 0 saturated carbocycles. The minimum absolute atomic E-state index is 0.313. The van der Waals surface area contributed by atoms with Crippen LogP contribution in [0.3, 0.4) is 0 Å². The van der Waals surface area contributed by atoms with Gasteiger partial charge in [-0.25, -0.2) is 0 Å². The van der Waals surface area contributed by atoms with Crippen molar-refractivity contribution in [3.05, 3.63) is 59.5 Å². The van der Waals surface area contributed by atoms with Crippen LogP contribution in [0, 0.1) is 0 Å². The lowest BCUT2D eigenvalue weighted by molar-refractivity contribution is -0.132. The number of likely N-dealkylation sites (N-methyl/N-ethyl adjacent to an activating group) is 2. The quantitative estimate of drug-likeness (QED) is 0.543. The Hall–Kier alpha value is -2.41. The van der Waals surface area contributed by atoms with E-state index >= 15 is 0 Å². The number of hydrogen-bond donors (Lipinski definition) is 0. The van der Waals surface area contributed by atoms with Gasteiger partial charge in [0.05, 0.1) is 11.7 Å². The van der Waals surface area contributed by atoms with Gasteiger partial charge in [-0.05, 0) is 75.2 Å². The van der Waals surface area contributed by atoms with Crippen molar-refractivity contribution < 1.29 is 4.79 Å². The molecule has 2 fully saturated rings. The largest absolute Gasteiger partial charge is 0.343 e. The van der Waals surface area contributed by atoms with E-state index < -0.39 is 0 Å². The van der Waals surface area contributed by atoms with Crippen molar-refractivity contribution in [3.8, 4) is 5.69 Å². The summed E-state index contributed by atoms with van der Waals surface area (Å²) in [6, 6.07) is 10.5. The van der Waals surface area contributed by atoms with Crippen molar-refractivity contribution >= 4 is 28.4 Å². The maximum absolute atomic E-state index is 13.0. The fourth-order valence-corrected chi connectivity index (χ4v) is 5.67. The van der Waals surface area contributed by atoms with E-state index in [1.807, 2.05) is 36.7 Å². The Kier molecular flexibility index (Phi) is 6.91. The third-order valence-corrected chi connectivity index (χ3v) is 7.95. The Labute approximate surface area is 207 Å². The molecule has 1 unspecified atom stereocenters. The number of halogens is 1. The van der Waals surface area contributed by atoms with Crippen LogP contribution < -0.4 is 0 Å². The first kappa shape index (κ1) is 23.3. The predicted molar refractivity (Wildman–Crippen MR) is 138 cm³/mol. The highest BCUT2D eigenvalue weighted by molar-refractivity contribution is 6.30. The Bertz CT molecular complexity index is 1140. The van der Waals surface area contributed by atoms with Crippen molar-refractivity contribution in [1.82, 2.24) is 24.3 Å². The zero-order valence-corrected chi connectivity index (χ0v) is 20.9. The lowest BCUT2D eigenvalue weighted by Gasteiger charge is -2.38. The number of fused-ring (bicyclic) bond motifs is 1. The molecule has 180 valence electrons. The van der Waals surface area contributed by atoms with Crippen molar-refractivity contribution in [1.29, 1.82) is 0 Å². The number of nitrogens with zero attached hydrogens (tertiary/aromatic N) is 5. The van der Waals surface area contributed by atoms with E-state index in [0.29, 0.717) is 24.3 Å². The number of piperazine rings is 1. The van der Waals surface area contributed by atoms with Crippen molar-refractivity contribution in [2.75, 3.05) is 46.8 Å². The summed E-state index contributed by atoms with van der Waals surface area (Å²) in [4.78, 5) is 24.2. The van der Waals surface area contributed by atoms with Gasteiger partial charge in [0.2, 0.25) is 5.91 Å². The number of benzene rings is 1. The molecular weight excluding hydrogens is 446 g/mol. The molecule has 2 aromatic heterocycles.